The van der Waals surface area contributed by atoms with Gasteiger partial charge in [-0.3, -0.25) is 33.8 Å². The van der Waals surface area contributed by atoms with Gasteiger partial charge in [0, 0.05) is 54.4 Å². The van der Waals surface area contributed by atoms with Crippen molar-refractivity contribution in [2.24, 2.45) is 29.2 Å². The Bertz CT molecular complexity index is 2020. The van der Waals surface area contributed by atoms with Gasteiger partial charge in [0.2, 0.25) is 17.6 Å². The third kappa shape index (κ3) is 12.8. The van der Waals surface area contributed by atoms with Crippen molar-refractivity contribution >= 4 is 46.5 Å². The summed E-state index contributed by atoms with van der Waals surface area (Å²) < 4.78 is 5.62. The van der Waals surface area contributed by atoms with Gasteiger partial charge < -0.3 is 31.6 Å². The first-order chi connectivity index (χ1) is 27.7. The molecule has 0 bridgehead atoms. The first-order valence-corrected chi connectivity index (χ1v) is 19.6. The molecule has 0 aliphatic heterocycles. The van der Waals surface area contributed by atoms with E-state index in [0.29, 0.717) is 41.4 Å². The molecule has 0 saturated carbocycles. The van der Waals surface area contributed by atoms with E-state index in [1.54, 1.807) is 67.7 Å². The average molecular weight is 815 g/mol. The number of unbranched alkanes of at least 4 members (excludes halogenated alkanes) is 1. The van der Waals surface area contributed by atoms with E-state index >= 15 is 0 Å². The number of carbonyl (C=O) groups is 6. The van der Waals surface area contributed by atoms with Gasteiger partial charge in [0.05, 0.1) is 24.3 Å². The predicted octanol–water partition coefficient (Wildman–Crippen LogP) is 4.76. The van der Waals surface area contributed by atoms with Gasteiger partial charge in [0.15, 0.2) is 23.1 Å². The number of pyridine rings is 1. The number of carbonyl (C=O) groups excluding carboxylic acids is 6. The summed E-state index contributed by atoms with van der Waals surface area (Å²) in [6.45, 7) is 4.56. The van der Waals surface area contributed by atoms with E-state index in [4.69, 9.17) is 27.5 Å². The van der Waals surface area contributed by atoms with Crippen molar-refractivity contribution in [2.45, 2.75) is 77.5 Å². The van der Waals surface area contributed by atoms with Crippen LogP contribution in [0.25, 0.3) is 22.6 Å². The molecule has 15 heteroatoms. The number of hydrogen-bond acceptors (Lipinski definition) is 12. The Morgan fingerprint density at radius 3 is 2.03 bits per heavy atom. The first kappa shape index (κ1) is 45.3. The molecule has 2 aromatic carbocycles. The highest BCUT2D eigenvalue weighted by molar-refractivity contribution is 6.30. The number of aliphatic hydroxyl groups is 1. The van der Waals surface area contributed by atoms with E-state index in [9.17, 15) is 33.9 Å². The van der Waals surface area contributed by atoms with Crippen LogP contribution in [-0.2, 0) is 19.2 Å². The standard InChI is InChI=1S/C43H51ClN6O8/c1-25(40(55)43-48-24-38(58-43)34-9-5-7-19-47-34)20-36(53)33(8-4-6-18-45)49-41(56)26(2)21-37(54)39(27(3)51)50-42(57)31(23-46)22-35(52)30-12-10-28(11-13-30)29-14-16-32(44)17-15-29/h5,7,9-17,19,24-27,31,33,39,51H,4,6,8,18,20-23,45-46H2,1-3H3,(H,49,56)(H,50,57)/t25-,26-,27-,31+,33+,39+/m1/s1. The summed E-state index contributed by atoms with van der Waals surface area (Å²) in [7, 11) is 0. The second-order valence-corrected chi connectivity index (χ2v) is 14.9. The number of Topliss-reactive ketones (excluding diaryl/α,β-unsaturated/α-hetero) is 4. The minimum atomic E-state index is -1.40. The van der Waals surface area contributed by atoms with Crippen LogP contribution in [0.15, 0.2) is 83.5 Å². The lowest BCUT2D eigenvalue weighted by Gasteiger charge is -2.25. The highest BCUT2D eigenvalue weighted by Crippen LogP contribution is 2.24. The summed E-state index contributed by atoms with van der Waals surface area (Å²) in [5.74, 6) is -5.79. The summed E-state index contributed by atoms with van der Waals surface area (Å²) in [5.41, 5.74) is 14.2. The van der Waals surface area contributed by atoms with Crippen LogP contribution >= 0.6 is 11.6 Å². The van der Waals surface area contributed by atoms with Crippen LogP contribution in [0.2, 0.25) is 5.02 Å². The average Bonchev–Trinajstić information content (AvgIpc) is 3.72. The molecule has 4 aromatic rings. The van der Waals surface area contributed by atoms with Gasteiger partial charge >= 0.3 is 0 Å². The Kier molecular flexibility index (Phi) is 17.1. The Hall–Kier alpha value is -5.41. The molecule has 0 saturated heterocycles. The number of rotatable bonds is 23. The number of amides is 2. The molecule has 14 nitrogen and oxygen atoms in total. The summed E-state index contributed by atoms with van der Waals surface area (Å²) in [6.07, 6.45) is 2.16. The highest BCUT2D eigenvalue weighted by atomic mass is 35.5. The maximum atomic E-state index is 13.5. The number of nitrogens with one attached hydrogen (secondary N) is 2. The van der Waals surface area contributed by atoms with Gasteiger partial charge in [0.1, 0.15) is 11.7 Å². The molecule has 0 fully saturated rings. The molecule has 0 aliphatic rings. The molecule has 4 rings (SSSR count). The number of aliphatic hydroxyl groups excluding tert-OH is 1. The van der Waals surface area contributed by atoms with Crippen LogP contribution in [0.3, 0.4) is 0 Å². The summed E-state index contributed by atoms with van der Waals surface area (Å²) in [4.78, 5) is 88.2. The summed E-state index contributed by atoms with van der Waals surface area (Å²) in [6, 6.07) is 17.0. The van der Waals surface area contributed by atoms with Crippen molar-refractivity contribution in [3.8, 4) is 22.6 Å². The molecule has 6 atom stereocenters. The van der Waals surface area contributed by atoms with Crippen molar-refractivity contribution in [3.63, 3.8) is 0 Å². The van der Waals surface area contributed by atoms with E-state index in [1.165, 1.54) is 20.0 Å². The molecule has 308 valence electrons. The molecule has 58 heavy (non-hydrogen) atoms. The van der Waals surface area contributed by atoms with Gasteiger partial charge in [0.25, 0.3) is 5.89 Å². The number of oxazole rings is 1. The topological polar surface area (TPSA) is 238 Å². The largest absolute Gasteiger partial charge is 0.432 e. The van der Waals surface area contributed by atoms with Crippen LogP contribution in [0.1, 0.15) is 80.3 Å². The number of halogens is 1. The Balaban J connectivity index is 1.33. The molecule has 0 unspecified atom stereocenters. The number of aromatic nitrogens is 2. The predicted molar refractivity (Wildman–Crippen MR) is 218 cm³/mol. The third-order valence-corrected chi connectivity index (χ3v) is 10.0. The van der Waals surface area contributed by atoms with Crippen LogP contribution in [-0.4, -0.2) is 81.3 Å². The van der Waals surface area contributed by atoms with Gasteiger partial charge in [-0.05, 0) is 68.1 Å². The lowest BCUT2D eigenvalue weighted by atomic mass is 9.92. The van der Waals surface area contributed by atoms with Gasteiger partial charge in [-0.2, -0.15) is 0 Å². The van der Waals surface area contributed by atoms with Crippen LogP contribution < -0.4 is 22.1 Å². The van der Waals surface area contributed by atoms with E-state index in [1.807, 2.05) is 12.1 Å². The SMILES string of the molecule is C[C@H](CC(=O)[C@@H](NC(=O)[C@H](CN)CC(=O)c1ccc(-c2ccc(Cl)cc2)cc1)[C@@H](C)O)C(=O)N[C@@H](CCCCN)C(=O)C[C@@H](C)C(=O)c1ncc(-c2ccccn2)o1. The normalized spacial score (nSPS) is 14.3. The Morgan fingerprint density at radius 2 is 1.43 bits per heavy atom. The zero-order chi connectivity index (χ0) is 42.4. The maximum Gasteiger partial charge on any atom is 0.264 e. The quantitative estimate of drug-likeness (QED) is 0.0504. The first-order valence-electron chi connectivity index (χ1n) is 19.3. The second-order valence-electron chi connectivity index (χ2n) is 14.5. The fraction of sp³-hybridized carbons (Fsp3) is 0.395. The van der Waals surface area contributed by atoms with E-state index in [0.717, 1.165) is 11.1 Å². The van der Waals surface area contributed by atoms with Crippen LogP contribution in [0.5, 0.6) is 0 Å². The zero-order valence-corrected chi connectivity index (χ0v) is 33.6. The van der Waals surface area contributed by atoms with Crippen molar-refractivity contribution < 1.29 is 38.3 Å². The number of nitrogens with zero attached hydrogens (tertiary/aromatic N) is 2. The number of hydrogen-bond donors (Lipinski definition) is 5. The molecule has 7 N–H and O–H groups in total. The maximum absolute atomic E-state index is 13.5. The van der Waals surface area contributed by atoms with E-state index in [2.05, 4.69) is 20.6 Å². The monoisotopic (exact) mass is 814 g/mol. The third-order valence-electron chi connectivity index (χ3n) is 9.79. The number of ketones is 4. The minimum Gasteiger partial charge on any atom is -0.432 e. The van der Waals surface area contributed by atoms with E-state index in [-0.39, 0.29) is 43.9 Å². The Morgan fingerprint density at radius 1 is 0.776 bits per heavy atom. The van der Waals surface area contributed by atoms with E-state index < -0.39 is 65.1 Å². The zero-order valence-electron chi connectivity index (χ0n) is 32.9. The highest BCUT2D eigenvalue weighted by Gasteiger charge is 2.33. The lowest BCUT2D eigenvalue weighted by Crippen LogP contribution is -2.51. The van der Waals surface area contributed by atoms with Gasteiger partial charge in [-0.25, -0.2) is 4.98 Å². The molecule has 2 aromatic heterocycles. The Labute approximate surface area is 342 Å². The molecular formula is C43H51ClN6O8. The van der Waals surface area contributed by atoms with Crippen molar-refractivity contribution in [3.05, 3.63) is 95.6 Å². The van der Waals surface area contributed by atoms with Crippen LogP contribution in [0, 0.1) is 17.8 Å². The summed E-state index contributed by atoms with van der Waals surface area (Å²) >= 11 is 5.98. The molecular weight excluding hydrogens is 764 g/mol. The molecule has 0 aliphatic carbocycles. The van der Waals surface area contributed by atoms with Crippen molar-refractivity contribution in [1.29, 1.82) is 0 Å². The molecule has 2 heterocycles. The molecule has 0 spiro atoms. The van der Waals surface area contributed by atoms with Gasteiger partial charge in [-0.15, -0.1) is 0 Å². The van der Waals surface area contributed by atoms with Crippen molar-refractivity contribution in [2.75, 3.05) is 13.1 Å². The molecule has 2 amide bonds. The minimum absolute atomic E-state index is 0.165. The fourth-order valence-electron chi connectivity index (χ4n) is 6.26. The van der Waals surface area contributed by atoms with Crippen molar-refractivity contribution in [1.82, 2.24) is 20.6 Å². The van der Waals surface area contributed by atoms with Gasteiger partial charge in [-0.1, -0.05) is 67.9 Å². The smallest absolute Gasteiger partial charge is 0.264 e. The number of nitrogens with two attached hydrogens (primary N) is 2. The second kappa shape index (κ2) is 21.9. The fourth-order valence-corrected chi connectivity index (χ4v) is 6.39. The summed E-state index contributed by atoms with van der Waals surface area (Å²) in [5, 5.41) is 16.4. The number of benzene rings is 2. The van der Waals surface area contributed by atoms with Crippen LogP contribution in [0.4, 0.5) is 0 Å². The molecule has 0 radical (unpaired) electrons. The lowest BCUT2D eigenvalue weighted by molar-refractivity contribution is -0.135.